The van der Waals surface area contributed by atoms with Crippen molar-refractivity contribution < 1.29 is 0 Å². The van der Waals surface area contributed by atoms with Crippen molar-refractivity contribution in [1.82, 2.24) is 14.5 Å². The lowest BCUT2D eigenvalue weighted by Gasteiger charge is -2.34. The molecule has 0 spiro atoms. The van der Waals surface area contributed by atoms with Crippen LogP contribution in [0.1, 0.15) is 45.0 Å². The van der Waals surface area contributed by atoms with Gasteiger partial charge in [0, 0.05) is 6.54 Å². The highest BCUT2D eigenvalue weighted by atomic mass is 15.2. The van der Waals surface area contributed by atoms with E-state index in [1.54, 1.807) is 0 Å². The average molecular weight is 296 g/mol. The Hall–Kier alpha value is -1.86. The fraction of sp³-hybridized carbons (Fsp3) is 0.556. The molecule has 4 heteroatoms. The molecule has 0 radical (unpaired) electrons. The van der Waals surface area contributed by atoms with Gasteiger partial charge in [-0.15, -0.1) is 0 Å². The zero-order chi connectivity index (χ0) is 15.5. The zero-order valence-corrected chi connectivity index (χ0v) is 13.5. The number of aromatic nitrogens is 2. The molecule has 1 unspecified atom stereocenters. The lowest BCUT2D eigenvalue weighted by Crippen LogP contribution is -2.36. The van der Waals surface area contributed by atoms with E-state index in [-0.39, 0.29) is 0 Å². The lowest BCUT2D eigenvalue weighted by atomic mass is 9.98. The first-order valence-electron chi connectivity index (χ1n) is 8.27. The number of hydrogen-bond donors (Lipinski definition) is 0. The molecule has 1 saturated heterocycles. The standard InChI is InChI=1S/C18H24N4/c1-14-8-12-21(13-9-14)15(2)18-20-16-6-3-4-7-17(16)22(18)11-5-10-19/h3-4,6-7,14-15H,5,8-9,11-13H2,1-2H3. The molecule has 0 saturated carbocycles. The Bertz CT molecular complexity index is 674. The molecule has 0 bridgehead atoms. The Labute approximate surface area is 132 Å². The van der Waals surface area contributed by atoms with Gasteiger partial charge in [-0.25, -0.2) is 4.98 Å². The minimum atomic E-state index is 0.304. The van der Waals surface area contributed by atoms with Gasteiger partial charge in [-0.3, -0.25) is 4.90 Å². The number of aryl methyl sites for hydroxylation is 1. The fourth-order valence-electron chi connectivity index (χ4n) is 3.39. The van der Waals surface area contributed by atoms with Gasteiger partial charge in [0.1, 0.15) is 5.82 Å². The van der Waals surface area contributed by atoms with Crippen LogP contribution >= 0.6 is 0 Å². The predicted molar refractivity (Wildman–Crippen MR) is 88.3 cm³/mol. The van der Waals surface area contributed by atoms with Crippen LogP contribution in [0.4, 0.5) is 0 Å². The molecule has 0 aliphatic carbocycles. The molecule has 4 nitrogen and oxygen atoms in total. The minimum Gasteiger partial charge on any atom is -0.326 e. The van der Waals surface area contributed by atoms with Crippen molar-refractivity contribution in [2.24, 2.45) is 5.92 Å². The van der Waals surface area contributed by atoms with E-state index in [2.05, 4.69) is 41.5 Å². The lowest BCUT2D eigenvalue weighted by molar-refractivity contribution is 0.140. The Kier molecular flexibility index (Phi) is 4.44. The molecule has 1 aromatic carbocycles. The van der Waals surface area contributed by atoms with E-state index in [4.69, 9.17) is 10.2 Å². The number of para-hydroxylation sites is 2. The first kappa shape index (κ1) is 15.1. The van der Waals surface area contributed by atoms with Crippen molar-refractivity contribution >= 4 is 11.0 Å². The summed E-state index contributed by atoms with van der Waals surface area (Å²) in [5.74, 6) is 1.94. The molecule has 0 N–H and O–H groups in total. The number of rotatable bonds is 4. The number of hydrogen-bond acceptors (Lipinski definition) is 3. The summed E-state index contributed by atoms with van der Waals surface area (Å²) in [7, 11) is 0. The van der Waals surface area contributed by atoms with Crippen molar-refractivity contribution in [1.29, 1.82) is 5.26 Å². The molecule has 2 heterocycles. The highest BCUT2D eigenvalue weighted by molar-refractivity contribution is 5.76. The van der Waals surface area contributed by atoms with Gasteiger partial charge in [0.05, 0.1) is 29.6 Å². The predicted octanol–water partition coefficient (Wildman–Crippen LogP) is 3.74. The molecule has 22 heavy (non-hydrogen) atoms. The van der Waals surface area contributed by atoms with Crippen LogP contribution in [-0.4, -0.2) is 27.5 Å². The van der Waals surface area contributed by atoms with Crippen molar-refractivity contribution in [2.45, 2.75) is 45.7 Å². The second kappa shape index (κ2) is 6.50. The third-order valence-electron chi connectivity index (χ3n) is 4.87. The third kappa shape index (κ3) is 2.86. The Morgan fingerprint density at radius 3 is 2.77 bits per heavy atom. The number of piperidine rings is 1. The molecule has 116 valence electrons. The van der Waals surface area contributed by atoms with Crippen LogP contribution in [0.15, 0.2) is 24.3 Å². The van der Waals surface area contributed by atoms with Crippen LogP contribution < -0.4 is 0 Å². The van der Waals surface area contributed by atoms with Crippen LogP contribution in [-0.2, 0) is 6.54 Å². The number of nitrogens with zero attached hydrogens (tertiary/aromatic N) is 4. The van der Waals surface area contributed by atoms with E-state index in [0.29, 0.717) is 12.5 Å². The van der Waals surface area contributed by atoms with Gasteiger partial charge in [0.2, 0.25) is 0 Å². The summed E-state index contributed by atoms with van der Waals surface area (Å²) in [4.78, 5) is 7.40. The molecule has 1 aliphatic heterocycles. The topological polar surface area (TPSA) is 44.9 Å². The Morgan fingerprint density at radius 2 is 2.05 bits per heavy atom. The molecule has 2 aromatic rings. The van der Waals surface area contributed by atoms with E-state index >= 15 is 0 Å². The molecule has 1 aromatic heterocycles. The fourth-order valence-corrected chi connectivity index (χ4v) is 3.39. The van der Waals surface area contributed by atoms with Gasteiger partial charge in [-0.1, -0.05) is 19.1 Å². The number of benzene rings is 1. The number of imidazole rings is 1. The van der Waals surface area contributed by atoms with Gasteiger partial charge in [0.25, 0.3) is 0 Å². The number of nitriles is 1. The second-order valence-corrected chi connectivity index (χ2v) is 6.41. The van der Waals surface area contributed by atoms with E-state index in [9.17, 15) is 0 Å². The summed E-state index contributed by atoms with van der Waals surface area (Å²) in [6, 6.07) is 10.8. The summed E-state index contributed by atoms with van der Waals surface area (Å²) in [5.41, 5.74) is 2.18. The van der Waals surface area contributed by atoms with Crippen molar-refractivity contribution in [3.63, 3.8) is 0 Å². The van der Waals surface area contributed by atoms with E-state index in [1.165, 1.54) is 12.8 Å². The van der Waals surface area contributed by atoms with Crippen molar-refractivity contribution in [3.05, 3.63) is 30.1 Å². The van der Waals surface area contributed by atoms with Gasteiger partial charge in [0.15, 0.2) is 0 Å². The smallest absolute Gasteiger partial charge is 0.127 e. The average Bonchev–Trinajstić information content (AvgIpc) is 2.91. The minimum absolute atomic E-state index is 0.304. The number of likely N-dealkylation sites (tertiary alicyclic amines) is 1. The van der Waals surface area contributed by atoms with Crippen LogP contribution in [0.5, 0.6) is 0 Å². The van der Waals surface area contributed by atoms with Gasteiger partial charge >= 0.3 is 0 Å². The molecule has 0 amide bonds. The summed E-state index contributed by atoms with van der Waals surface area (Å²) >= 11 is 0. The highest BCUT2D eigenvalue weighted by Crippen LogP contribution is 2.28. The molecule has 3 rings (SSSR count). The largest absolute Gasteiger partial charge is 0.326 e. The maximum absolute atomic E-state index is 8.95. The summed E-state index contributed by atoms with van der Waals surface area (Å²) in [6.07, 6.45) is 3.06. The monoisotopic (exact) mass is 296 g/mol. The first-order valence-corrected chi connectivity index (χ1v) is 8.27. The molecular formula is C18H24N4. The third-order valence-corrected chi connectivity index (χ3v) is 4.87. The van der Waals surface area contributed by atoms with Crippen LogP contribution in [0, 0.1) is 17.2 Å². The van der Waals surface area contributed by atoms with Gasteiger partial charge in [-0.05, 0) is 50.9 Å². The maximum Gasteiger partial charge on any atom is 0.127 e. The van der Waals surface area contributed by atoms with Crippen LogP contribution in [0.2, 0.25) is 0 Å². The van der Waals surface area contributed by atoms with Crippen LogP contribution in [0.25, 0.3) is 11.0 Å². The van der Waals surface area contributed by atoms with E-state index in [1.807, 2.05) is 12.1 Å². The van der Waals surface area contributed by atoms with E-state index < -0.39 is 0 Å². The molecule has 1 atom stereocenters. The van der Waals surface area contributed by atoms with Crippen molar-refractivity contribution in [3.8, 4) is 6.07 Å². The summed E-state index contributed by atoms with van der Waals surface area (Å²) < 4.78 is 2.24. The SMILES string of the molecule is CC1CCN(C(C)c2nc3ccccc3n2CCC#N)CC1. The first-order chi connectivity index (χ1) is 10.7. The zero-order valence-electron chi connectivity index (χ0n) is 13.5. The normalized spacial score (nSPS) is 18.4. The van der Waals surface area contributed by atoms with Crippen LogP contribution in [0.3, 0.4) is 0 Å². The van der Waals surface area contributed by atoms with Gasteiger partial charge in [-0.2, -0.15) is 5.26 Å². The Morgan fingerprint density at radius 1 is 1.32 bits per heavy atom. The highest BCUT2D eigenvalue weighted by Gasteiger charge is 2.25. The molecule has 1 aliphatic rings. The molecule has 1 fully saturated rings. The van der Waals surface area contributed by atoms with Gasteiger partial charge < -0.3 is 4.57 Å². The summed E-state index contributed by atoms with van der Waals surface area (Å²) in [5, 5.41) is 8.95. The quantitative estimate of drug-likeness (QED) is 0.863. The molecular weight excluding hydrogens is 272 g/mol. The van der Waals surface area contributed by atoms with Crippen molar-refractivity contribution in [2.75, 3.05) is 13.1 Å². The number of fused-ring (bicyclic) bond motifs is 1. The second-order valence-electron chi connectivity index (χ2n) is 6.41. The Balaban J connectivity index is 1.93. The summed E-state index contributed by atoms with van der Waals surface area (Å²) in [6.45, 7) is 7.60. The maximum atomic E-state index is 8.95. The van der Waals surface area contributed by atoms with E-state index in [0.717, 1.165) is 42.4 Å².